The van der Waals surface area contributed by atoms with Crippen LogP contribution in [-0.2, 0) is 5.67 Å². The smallest absolute Gasteiger partial charge is 0.215 e. The number of aryl methyl sites for hydroxylation is 1. The molecule has 0 atom stereocenters. The summed E-state index contributed by atoms with van der Waals surface area (Å²) in [5.74, 6) is 1.56. The molecule has 0 radical (unpaired) electrons. The van der Waals surface area contributed by atoms with Gasteiger partial charge in [-0.3, -0.25) is 9.97 Å². The zero-order chi connectivity index (χ0) is 23.4. The summed E-state index contributed by atoms with van der Waals surface area (Å²) < 4.78 is 20.1. The van der Waals surface area contributed by atoms with E-state index in [2.05, 4.69) is 32.3 Å². The van der Waals surface area contributed by atoms with Gasteiger partial charge in [-0.25, -0.2) is 4.39 Å². The van der Waals surface area contributed by atoms with Crippen molar-refractivity contribution in [3.8, 4) is 17.0 Å². The number of hydrogen-bond donors (Lipinski definition) is 1. The van der Waals surface area contributed by atoms with Gasteiger partial charge in [0.05, 0.1) is 24.2 Å². The minimum atomic E-state index is -1.51. The Morgan fingerprint density at radius 3 is 2.58 bits per heavy atom. The first-order valence-corrected chi connectivity index (χ1v) is 11.6. The van der Waals surface area contributed by atoms with Gasteiger partial charge in [-0.1, -0.05) is 0 Å². The van der Waals surface area contributed by atoms with Crippen LogP contribution in [0.4, 0.5) is 21.6 Å². The topological polar surface area (TPSA) is 63.2 Å². The van der Waals surface area contributed by atoms with E-state index < -0.39 is 5.67 Å². The lowest BCUT2D eigenvalue weighted by atomic mass is 10.0. The Balaban J connectivity index is 1.68. The number of pyridine rings is 3. The zero-order valence-corrected chi connectivity index (χ0v) is 19.9. The number of aromatic nitrogens is 3. The maximum atomic E-state index is 14.3. The van der Waals surface area contributed by atoms with Gasteiger partial charge < -0.3 is 15.0 Å². The lowest BCUT2D eigenvalue weighted by Crippen LogP contribution is -2.30. The number of alkyl halides is 1. The zero-order valence-electron chi connectivity index (χ0n) is 19.9. The molecule has 0 amide bonds. The second kappa shape index (κ2) is 9.73. The van der Waals surface area contributed by atoms with Gasteiger partial charge >= 0.3 is 0 Å². The minimum Gasteiger partial charge on any atom is -0.478 e. The third kappa shape index (κ3) is 5.59. The second-order valence-electron chi connectivity index (χ2n) is 8.92. The van der Waals surface area contributed by atoms with E-state index in [-0.39, 0.29) is 0 Å². The quantitative estimate of drug-likeness (QED) is 0.464. The van der Waals surface area contributed by atoms with Crippen molar-refractivity contribution < 1.29 is 9.13 Å². The van der Waals surface area contributed by atoms with Crippen molar-refractivity contribution in [1.29, 1.82) is 0 Å². The van der Waals surface area contributed by atoms with Gasteiger partial charge in [-0.2, -0.15) is 4.98 Å². The predicted octanol–water partition coefficient (Wildman–Crippen LogP) is 6.18. The van der Waals surface area contributed by atoms with Gasteiger partial charge in [0, 0.05) is 42.3 Å². The molecule has 4 heterocycles. The van der Waals surface area contributed by atoms with Crippen molar-refractivity contribution in [2.45, 2.75) is 52.6 Å². The molecule has 0 saturated carbocycles. The van der Waals surface area contributed by atoms with Crippen molar-refractivity contribution in [2.75, 3.05) is 29.9 Å². The highest BCUT2D eigenvalue weighted by Crippen LogP contribution is 2.33. The van der Waals surface area contributed by atoms with E-state index >= 15 is 0 Å². The van der Waals surface area contributed by atoms with Crippen LogP contribution >= 0.6 is 0 Å². The summed E-state index contributed by atoms with van der Waals surface area (Å²) in [4.78, 5) is 15.9. The third-order valence-electron chi connectivity index (χ3n) is 5.82. The molecule has 6 nitrogen and oxygen atoms in total. The van der Waals surface area contributed by atoms with Gasteiger partial charge in [0.15, 0.2) is 0 Å². The fourth-order valence-corrected chi connectivity index (χ4v) is 4.05. The second-order valence-corrected chi connectivity index (χ2v) is 8.92. The summed E-state index contributed by atoms with van der Waals surface area (Å²) in [5, 5.41) is 3.35. The first-order chi connectivity index (χ1) is 15.8. The molecule has 1 fully saturated rings. The number of hydrogen-bond acceptors (Lipinski definition) is 6. The van der Waals surface area contributed by atoms with Crippen LogP contribution < -0.4 is 15.0 Å². The summed E-state index contributed by atoms with van der Waals surface area (Å²) in [6.45, 7) is 9.55. The van der Waals surface area contributed by atoms with E-state index in [0.29, 0.717) is 18.2 Å². The molecule has 1 saturated heterocycles. The molecule has 0 aromatic carbocycles. The molecule has 3 aromatic rings. The first kappa shape index (κ1) is 23.0. The average Bonchev–Trinajstić information content (AvgIpc) is 2.80. The number of halogens is 1. The maximum Gasteiger partial charge on any atom is 0.215 e. The van der Waals surface area contributed by atoms with Crippen molar-refractivity contribution in [3.05, 3.63) is 54.1 Å². The number of ether oxygens (including phenoxy) is 1. The summed E-state index contributed by atoms with van der Waals surface area (Å²) in [7, 11) is 0. The Bertz CT molecular complexity index is 1110. The lowest BCUT2D eigenvalue weighted by Gasteiger charge is -2.28. The summed E-state index contributed by atoms with van der Waals surface area (Å²) >= 11 is 0. The molecule has 3 aromatic heterocycles. The molecule has 0 bridgehead atoms. The minimum absolute atomic E-state index is 0.384. The standard InChI is InChI=1S/C26H32FN5O/c1-5-33-25-14-19(13-24(31-25)32-11-7-6-8-12-32)22-15-21(17-29-18(22)2)30-20-9-10-28-23(16-20)26(3,4)27/h9-10,13-17H,5-8,11-12H2,1-4H3,(H,28,30). The SMILES string of the molecule is CCOc1cc(-c2cc(Nc3ccnc(C(C)(C)F)c3)cnc2C)cc(N2CCCCC2)n1. The normalized spacial score (nSPS) is 14.3. The van der Waals surface area contributed by atoms with Gasteiger partial charge in [0.2, 0.25) is 5.88 Å². The van der Waals surface area contributed by atoms with Crippen LogP contribution in [0, 0.1) is 6.92 Å². The van der Waals surface area contributed by atoms with Crippen molar-refractivity contribution in [1.82, 2.24) is 15.0 Å². The number of nitrogens with one attached hydrogen (secondary N) is 1. The molecule has 33 heavy (non-hydrogen) atoms. The summed E-state index contributed by atoms with van der Waals surface area (Å²) in [5.41, 5.74) is 3.39. The molecular formula is C26H32FN5O. The Morgan fingerprint density at radius 1 is 1.06 bits per heavy atom. The molecule has 1 aliphatic rings. The molecule has 1 aliphatic heterocycles. The molecule has 1 N–H and O–H groups in total. The molecule has 0 spiro atoms. The van der Waals surface area contributed by atoms with Crippen LogP contribution in [0.15, 0.2) is 42.7 Å². The monoisotopic (exact) mass is 449 g/mol. The largest absolute Gasteiger partial charge is 0.478 e. The van der Waals surface area contributed by atoms with Crippen LogP contribution in [0.2, 0.25) is 0 Å². The third-order valence-corrected chi connectivity index (χ3v) is 5.82. The predicted molar refractivity (Wildman–Crippen MR) is 131 cm³/mol. The number of nitrogens with zero attached hydrogens (tertiary/aromatic N) is 4. The Hall–Kier alpha value is -3.22. The van der Waals surface area contributed by atoms with E-state index in [4.69, 9.17) is 9.72 Å². The Labute approximate surface area is 195 Å². The van der Waals surface area contributed by atoms with Gasteiger partial charge in [-0.15, -0.1) is 0 Å². The van der Waals surface area contributed by atoms with Crippen LogP contribution in [0.3, 0.4) is 0 Å². The Kier molecular flexibility index (Phi) is 6.77. The summed E-state index contributed by atoms with van der Waals surface area (Å²) in [6, 6.07) is 9.71. The maximum absolute atomic E-state index is 14.3. The molecule has 174 valence electrons. The van der Waals surface area contributed by atoms with Crippen LogP contribution in [-0.4, -0.2) is 34.6 Å². The number of piperidine rings is 1. The average molecular weight is 450 g/mol. The molecule has 0 aliphatic carbocycles. The van der Waals surface area contributed by atoms with E-state index in [9.17, 15) is 4.39 Å². The number of anilines is 3. The molecule has 4 rings (SSSR count). The molecule has 0 unspecified atom stereocenters. The summed E-state index contributed by atoms with van der Waals surface area (Å²) in [6.07, 6.45) is 7.03. The fourth-order valence-electron chi connectivity index (χ4n) is 4.05. The lowest BCUT2D eigenvalue weighted by molar-refractivity contribution is 0.214. The van der Waals surface area contributed by atoms with Crippen LogP contribution in [0.1, 0.15) is 51.4 Å². The van der Waals surface area contributed by atoms with E-state index in [1.165, 1.54) is 33.1 Å². The van der Waals surface area contributed by atoms with Gasteiger partial charge in [0.25, 0.3) is 0 Å². The van der Waals surface area contributed by atoms with Gasteiger partial charge in [0.1, 0.15) is 11.5 Å². The fraction of sp³-hybridized carbons (Fsp3) is 0.423. The van der Waals surface area contributed by atoms with Crippen LogP contribution in [0.25, 0.3) is 11.1 Å². The van der Waals surface area contributed by atoms with Crippen molar-refractivity contribution in [3.63, 3.8) is 0 Å². The molecule has 7 heteroatoms. The van der Waals surface area contributed by atoms with E-state index in [1.54, 1.807) is 18.5 Å². The van der Waals surface area contributed by atoms with E-state index in [0.717, 1.165) is 47.1 Å². The van der Waals surface area contributed by atoms with Gasteiger partial charge in [-0.05, 0) is 76.8 Å². The molecular weight excluding hydrogens is 417 g/mol. The number of rotatable bonds is 7. The first-order valence-electron chi connectivity index (χ1n) is 11.6. The Morgan fingerprint density at radius 2 is 1.85 bits per heavy atom. The van der Waals surface area contributed by atoms with E-state index in [1.807, 2.05) is 26.0 Å². The highest BCUT2D eigenvalue weighted by atomic mass is 19.1. The van der Waals surface area contributed by atoms with Crippen molar-refractivity contribution >= 4 is 17.2 Å². The highest BCUT2D eigenvalue weighted by Gasteiger charge is 2.21. The van der Waals surface area contributed by atoms with Crippen LogP contribution in [0.5, 0.6) is 5.88 Å². The highest BCUT2D eigenvalue weighted by molar-refractivity contribution is 5.74. The van der Waals surface area contributed by atoms with Crippen molar-refractivity contribution in [2.24, 2.45) is 0 Å².